The van der Waals surface area contributed by atoms with Crippen LogP contribution >= 0.6 is 24.0 Å². The van der Waals surface area contributed by atoms with Crippen molar-refractivity contribution in [2.45, 2.75) is 19.6 Å². The van der Waals surface area contributed by atoms with Crippen LogP contribution in [-0.4, -0.2) is 27.2 Å². The van der Waals surface area contributed by atoms with Gasteiger partial charge in [-0.2, -0.15) is 0 Å². The van der Waals surface area contributed by atoms with Crippen LogP contribution in [0.4, 0.5) is 4.39 Å². The highest BCUT2D eigenvalue weighted by Crippen LogP contribution is 2.30. The van der Waals surface area contributed by atoms with Crippen LogP contribution in [0.2, 0.25) is 5.02 Å². The van der Waals surface area contributed by atoms with Crippen molar-refractivity contribution >= 4 is 24.0 Å². The lowest BCUT2D eigenvalue weighted by Gasteiger charge is -2.13. The third-order valence-corrected chi connectivity index (χ3v) is 4.13. The second-order valence-corrected chi connectivity index (χ2v) is 6.02. The van der Waals surface area contributed by atoms with Crippen molar-refractivity contribution in [1.82, 2.24) is 10.6 Å². The Hall–Kier alpha value is -1.53. The number of hydrogen-bond acceptors (Lipinski definition) is 4. The predicted molar refractivity (Wildman–Crippen MR) is 106 cm³/mol. The van der Waals surface area contributed by atoms with E-state index in [4.69, 9.17) is 21.1 Å². The van der Waals surface area contributed by atoms with Crippen LogP contribution in [0.25, 0.3) is 0 Å². The Balaban J connectivity index is 0.00000338. The molecular formula is C19H25Cl2FN2O2. The lowest BCUT2D eigenvalue weighted by molar-refractivity contribution is 0.279. The molecule has 0 bridgehead atoms. The summed E-state index contributed by atoms with van der Waals surface area (Å²) in [6.45, 7) is 2.72. The summed E-state index contributed by atoms with van der Waals surface area (Å²) in [7, 11) is 3.53. The van der Waals surface area contributed by atoms with E-state index in [9.17, 15) is 4.39 Å². The maximum Gasteiger partial charge on any atom is 0.161 e. The highest BCUT2D eigenvalue weighted by atomic mass is 35.5. The molecule has 2 aromatic rings. The van der Waals surface area contributed by atoms with Gasteiger partial charge in [0.1, 0.15) is 12.4 Å². The van der Waals surface area contributed by atoms with Gasteiger partial charge in [-0.15, -0.1) is 12.4 Å². The third kappa shape index (κ3) is 6.65. The first-order valence-electron chi connectivity index (χ1n) is 8.23. The second kappa shape index (κ2) is 12.0. The Labute approximate surface area is 165 Å². The van der Waals surface area contributed by atoms with Crippen molar-refractivity contribution in [2.24, 2.45) is 0 Å². The van der Waals surface area contributed by atoms with E-state index in [2.05, 4.69) is 10.6 Å². The maximum absolute atomic E-state index is 13.8. The molecule has 4 nitrogen and oxygen atoms in total. The molecular weight excluding hydrogens is 378 g/mol. The molecule has 0 saturated carbocycles. The monoisotopic (exact) mass is 402 g/mol. The SMILES string of the molecule is CNCCCNCc1ccc(OCc2c(F)cccc2Cl)c(OC)c1.Cl. The number of methoxy groups -OCH3 is 1. The molecule has 2 aromatic carbocycles. The Morgan fingerprint density at radius 2 is 1.92 bits per heavy atom. The van der Waals surface area contributed by atoms with Crippen molar-refractivity contribution in [3.63, 3.8) is 0 Å². The third-order valence-electron chi connectivity index (χ3n) is 3.77. The summed E-state index contributed by atoms with van der Waals surface area (Å²) in [5.74, 6) is 0.789. The first-order valence-corrected chi connectivity index (χ1v) is 8.61. The van der Waals surface area contributed by atoms with E-state index in [0.29, 0.717) is 22.1 Å². The Bertz CT molecular complexity index is 666. The Morgan fingerprint density at radius 1 is 1.12 bits per heavy atom. The van der Waals surface area contributed by atoms with Gasteiger partial charge in [-0.3, -0.25) is 0 Å². The van der Waals surface area contributed by atoms with Crippen LogP contribution in [0.15, 0.2) is 36.4 Å². The van der Waals surface area contributed by atoms with Gasteiger partial charge in [0.2, 0.25) is 0 Å². The quantitative estimate of drug-likeness (QED) is 0.584. The molecule has 0 aliphatic carbocycles. The van der Waals surface area contributed by atoms with Gasteiger partial charge in [0.05, 0.1) is 12.1 Å². The van der Waals surface area contributed by atoms with Crippen molar-refractivity contribution in [3.8, 4) is 11.5 Å². The Morgan fingerprint density at radius 3 is 2.62 bits per heavy atom. The van der Waals surface area contributed by atoms with E-state index in [1.54, 1.807) is 19.2 Å². The highest BCUT2D eigenvalue weighted by molar-refractivity contribution is 6.31. The molecule has 0 radical (unpaired) electrons. The standard InChI is InChI=1S/C19H24ClFN2O2.ClH/c1-22-9-4-10-23-12-14-7-8-18(19(11-14)24-2)25-13-15-16(20)5-3-6-17(15)21;/h3,5-8,11,22-23H,4,9-10,12-13H2,1-2H3;1H. The number of halogens is 3. The molecule has 0 aliphatic rings. The molecule has 0 fully saturated rings. The van der Waals surface area contributed by atoms with Gasteiger partial charge >= 0.3 is 0 Å². The average molecular weight is 403 g/mol. The number of hydrogen-bond donors (Lipinski definition) is 2. The molecule has 2 rings (SSSR count). The topological polar surface area (TPSA) is 42.5 Å². The van der Waals surface area contributed by atoms with Gasteiger partial charge in [0.25, 0.3) is 0 Å². The van der Waals surface area contributed by atoms with Crippen LogP contribution in [-0.2, 0) is 13.2 Å². The molecule has 0 aromatic heterocycles. The van der Waals surface area contributed by atoms with Crippen LogP contribution < -0.4 is 20.1 Å². The fourth-order valence-electron chi connectivity index (χ4n) is 2.38. The minimum absolute atomic E-state index is 0. The molecule has 7 heteroatoms. The van der Waals surface area contributed by atoms with Gasteiger partial charge < -0.3 is 20.1 Å². The molecule has 0 atom stereocenters. The normalized spacial score (nSPS) is 10.3. The molecule has 144 valence electrons. The summed E-state index contributed by atoms with van der Waals surface area (Å²) in [4.78, 5) is 0. The van der Waals surface area contributed by atoms with E-state index in [0.717, 1.165) is 31.6 Å². The van der Waals surface area contributed by atoms with Gasteiger partial charge in [0, 0.05) is 12.1 Å². The number of benzene rings is 2. The van der Waals surface area contributed by atoms with Crippen molar-refractivity contribution in [3.05, 3.63) is 58.4 Å². The van der Waals surface area contributed by atoms with Crippen molar-refractivity contribution in [1.29, 1.82) is 0 Å². The van der Waals surface area contributed by atoms with Gasteiger partial charge in [-0.1, -0.05) is 23.7 Å². The largest absolute Gasteiger partial charge is 0.493 e. The molecule has 0 heterocycles. The maximum atomic E-state index is 13.8. The smallest absolute Gasteiger partial charge is 0.161 e. The minimum Gasteiger partial charge on any atom is -0.493 e. The second-order valence-electron chi connectivity index (χ2n) is 5.61. The molecule has 0 spiro atoms. The van der Waals surface area contributed by atoms with Crippen LogP contribution in [0.5, 0.6) is 11.5 Å². The number of nitrogens with one attached hydrogen (secondary N) is 2. The summed E-state index contributed by atoms with van der Waals surface area (Å²) in [5, 5.41) is 6.84. The van der Waals surface area contributed by atoms with E-state index >= 15 is 0 Å². The molecule has 0 amide bonds. The highest BCUT2D eigenvalue weighted by Gasteiger charge is 2.10. The number of ether oxygens (including phenoxy) is 2. The first-order chi connectivity index (χ1) is 12.2. The van der Waals surface area contributed by atoms with Gasteiger partial charge in [-0.05, 0) is 56.4 Å². The molecule has 0 aliphatic heterocycles. The summed E-state index contributed by atoms with van der Waals surface area (Å²) in [5.41, 5.74) is 1.43. The minimum atomic E-state index is -0.381. The fraction of sp³-hybridized carbons (Fsp3) is 0.368. The van der Waals surface area contributed by atoms with Crippen LogP contribution in [0, 0.1) is 5.82 Å². The molecule has 2 N–H and O–H groups in total. The zero-order valence-electron chi connectivity index (χ0n) is 15.0. The zero-order chi connectivity index (χ0) is 18.1. The van der Waals surface area contributed by atoms with Gasteiger partial charge in [-0.25, -0.2) is 4.39 Å². The van der Waals surface area contributed by atoms with E-state index in [1.807, 2.05) is 25.2 Å². The predicted octanol–water partition coefficient (Wildman–Crippen LogP) is 4.19. The van der Waals surface area contributed by atoms with E-state index in [-0.39, 0.29) is 24.8 Å². The van der Waals surface area contributed by atoms with Crippen molar-refractivity contribution in [2.75, 3.05) is 27.2 Å². The van der Waals surface area contributed by atoms with E-state index < -0.39 is 0 Å². The molecule has 0 saturated heterocycles. The fourth-order valence-corrected chi connectivity index (χ4v) is 2.60. The number of rotatable bonds is 10. The summed E-state index contributed by atoms with van der Waals surface area (Å²) in [6, 6.07) is 10.3. The zero-order valence-corrected chi connectivity index (χ0v) is 16.6. The summed E-state index contributed by atoms with van der Waals surface area (Å²) in [6.07, 6.45) is 1.07. The molecule has 0 unspecified atom stereocenters. The van der Waals surface area contributed by atoms with E-state index in [1.165, 1.54) is 6.07 Å². The van der Waals surface area contributed by atoms with Crippen molar-refractivity contribution < 1.29 is 13.9 Å². The lowest BCUT2D eigenvalue weighted by atomic mass is 10.2. The summed E-state index contributed by atoms with van der Waals surface area (Å²) < 4.78 is 24.9. The van der Waals surface area contributed by atoms with Crippen LogP contribution in [0.3, 0.4) is 0 Å². The average Bonchev–Trinajstić information content (AvgIpc) is 2.61. The Kier molecular flexibility index (Phi) is 10.4. The first kappa shape index (κ1) is 22.5. The lowest BCUT2D eigenvalue weighted by Crippen LogP contribution is -2.19. The summed E-state index contributed by atoms with van der Waals surface area (Å²) >= 11 is 6.02. The van der Waals surface area contributed by atoms with Crippen LogP contribution in [0.1, 0.15) is 17.5 Å². The van der Waals surface area contributed by atoms with Gasteiger partial charge in [0.15, 0.2) is 11.5 Å². The molecule has 26 heavy (non-hydrogen) atoms.